The van der Waals surface area contributed by atoms with E-state index in [1.807, 2.05) is 0 Å². The Morgan fingerprint density at radius 3 is 2.65 bits per heavy atom. The average Bonchev–Trinajstić information content (AvgIpc) is 2.83. The van der Waals surface area contributed by atoms with Crippen LogP contribution in [0.2, 0.25) is 0 Å². The second-order valence-electron chi connectivity index (χ2n) is 7.22. The van der Waals surface area contributed by atoms with E-state index in [0.29, 0.717) is 11.8 Å². The van der Waals surface area contributed by atoms with Crippen molar-refractivity contribution in [2.75, 3.05) is 0 Å². The van der Waals surface area contributed by atoms with E-state index >= 15 is 0 Å². The van der Waals surface area contributed by atoms with Crippen LogP contribution >= 0.6 is 0 Å². The minimum absolute atomic E-state index is 0.00386. The average molecular weight is 311 g/mol. The van der Waals surface area contributed by atoms with Crippen molar-refractivity contribution in [2.24, 2.45) is 16.8 Å². The van der Waals surface area contributed by atoms with Crippen LogP contribution < -0.4 is 0 Å². The number of nitrogens with zero attached hydrogens (tertiary/aromatic N) is 1. The van der Waals surface area contributed by atoms with Crippen LogP contribution in [-0.2, 0) is 6.42 Å². The van der Waals surface area contributed by atoms with E-state index in [4.69, 9.17) is 4.99 Å². The van der Waals surface area contributed by atoms with Crippen LogP contribution in [0.15, 0.2) is 41.3 Å². The normalized spacial score (nSPS) is 23.9. The molecule has 1 aliphatic heterocycles. The Morgan fingerprint density at radius 1 is 1.35 bits per heavy atom. The Bertz CT molecular complexity index is 727. The smallest absolute Gasteiger partial charge is 0.136 e. The molecule has 2 bridgehead atoms. The van der Waals surface area contributed by atoms with Gasteiger partial charge in [0.1, 0.15) is 12.0 Å². The number of aliphatic hydroxyl groups is 2. The Hall–Kier alpha value is -2.03. The third-order valence-electron chi connectivity index (χ3n) is 5.39. The summed E-state index contributed by atoms with van der Waals surface area (Å²) >= 11 is 0. The summed E-state index contributed by atoms with van der Waals surface area (Å²) in [5, 5.41) is 19.4. The second kappa shape index (κ2) is 5.55. The highest BCUT2D eigenvalue weighted by atomic mass is 16.3. The number of benzene rings is 1. The van der Waals surface area contributed by atoms with E-state index in [0.717, 1.165) is 35.1 Å². The van der Waals surface area contributed by atoms with Gasteiger partial charge in [0.25, 0.3) is 0 Å². The molecule has 3 unspecified atom stereocenters. The van der Waals surface area contributed by atoms with Gasteiger partial charge in [-0.1, -0.05) is 39.0 Å². The number of fused-ring (bicyclic) bond motifs is 1. The molecular formula is C20H25NO2. The number of rotatable bonds is 4. The van der Waals surface area contributed by atoms with Crippen molar-refractivity contribution in [2.45, 2.75) is 46.1 Å². The zero-order chi connectivity index (χ0) is 16.9. The molecule has 2 N–H and O–H groups in total. The summed E-state index contributed by atoms with van der Waals surface area (Å²) in [6, 6.07) is 4.26. The topological polar surface area (TPSA) is 52.8 Å². The molecule has 0 spiro atoms. The highest BCUT2D eigenvalue weighted by Gasteiger charge is 2.42. The van der Waals surface area contributed by atoms with E-state index in [9.17, 15) is 10.2 Å². The van der Waals surface area contributed by atoms with Crippen LogP contribution in [0, 0.1) is 18.8 Å². The third kappa shape index (κ3) is 2.39. The summed E-state index contributed by atoms with van der Waals surface area (Å²) in [6.07, 6.45) is 1.61. The molecule has 0 fully saturated rings. The summed E-state index contributed by atoms with van der Waals surface area (Å²) < 4.78 is 0. The first-order chi connectivity index (χ1) is 10.8. The quantitative estimate of drug-likeness (QED) is 0.798. The number of hydrogen-bond donors (Lipinski definition) is 2. The van der Waals surface area contributed by atoms with Crippen molar-refractivity contribution in [1.82, 2.24) is 0 Å². The van der Waals surface area contributed by atoms with Gasteiger partial charge in [-0.15, -0.1) is 0 Å². The number of aliphatic hydroxyl groups excluding tert-OH is 2. The van der Waals surface area contributed by atoms with Crippen molar-refractivity contribution in [3.63, 3.8) is 0 Å². The first-order valence-corrected chi connectivity index (χ1v) is 8.29. The van der Waals surface area contributed by atoms with Crippen molar-refractivity contribution >= 4 is 5.71 Å². The van der Waals surface area contributed by atoms with Gasteiger partial charge in [-0.05, 0) is 47.9 Å². The molecule has 2 aliphatic rings. The fraction of sp³-hybridized carbons (Fsp3) is 0.450. The fourth-order valence-corrected chi connectivity index (χ4v) is 3.80. The van der Waals surface area contributed by atoms with Crippen LogP contribution in [0.3, 0.4) is 0 Å². The van der Waals surface area contributed by atoms with E-state index in [1.165, 1.54) is 11.1 Å². The van der Waals surface area contributed by atoms with E-state index in [-0.39, 0.29) is 17.7 Å². The molecule has 1 aromatic rings. The van der Waals surface area contributed by atoms with Gasteiger partial charge in [-0.2, -0.15) is 0 Å². The molecular weight excluding hydrogens is 286 g/mol. The molecule has 1 heterocycles. The molecule has 23 heavy (non-hydrogen) atoms. The number of allylic oxidation sites excluding steroid dienone is 1. The van der Waals surface area contributed by atoms with E-state index in [2.05, 4.69) is 46.4 Å². The zero-order valence-corrected chi connectivity index (χ0v) is 14.3. The Morgan fingerprint density at radius 2 is 2.04 bits per heavy atom. The molecule has 0 radical (unpaired) electrons. The maximum absolute atomic E-state index is 10.1. The third-order valence-corrected chi connectivity index (χ3v) is 5.39. The maximum Gasteiger partial charge on any atom is 0.136 e. The zero-order valence-electron chi connectivity index (χ0n) is 14.3. The minimum atomic E-state index is -0.225. The standard InChI is InChI=1S/C20H25NO2/c1-10(2)12(4)13(5)20-15-7-11(3)6-14-8-16(21-20)19(18(14)15)17(23)9-22/h6-7,9-10,12,16,19,22-23H,5,8H2,1-4H3/b17-9-. The van der Waals surface area contributed by atoms with Crippen LogP contribution in [0.5, 0.6) is 0 Å². The lowest BCUT2D eigenvalue weighted by Gasteiger charge is -2.29. The molecule has 122 valence electrons. The van der Waals surface area contributed by atoms with Gasteiger partial charge < -0.3 is 10.2 Å². The molecule has 1 aliphatic carbocycles. The van der Waals surface area contributed by atoms with Gasteiger partial charge in [0.05, 0.1) is 17.7 Å². The van der Waals surface area contributed by atoms with Crippen LogP contribution in [0.25, 0.3) is 0 Å². The van der Waals surface area contributed by atoms with Crippen molar-refractivity contribution < 1.29 is 10.2 Å². The van der Waals surface area contributed by atoms with Crippen LogP contribution in [-0.4, -0.2) is 22.0 Å². The van der Waals surface area contributed by atoms with Gasteiger partial charge in [-0.25, -0.2) is 0 Å². The lowest BCUT2D eigenvalue weighted by atomic mass is 9.80. The van der Waals surface area contributed by atoms with E-state index < -0.39 is 0 Å². The van der Waals surface area contributed by atoms with Crippen LogP contribution in [0.1, 0.15) is 48.9 Å². The SMILES string of the molecule is C=C(C1=NC2Cc3cc(C)cc1c3C2/C(O)=C/O)C(C)C(C)C. The lowest BCUT2D eigenvalue weighted by molar-refractivity contribution is 0.317. The number of aryl methyl sites for hydroxylation is 1. The molecule has 3 rings (SSSR count). The van der Waals surface area contributed by atoms with Gasteiger partial charge in [0.2, 0.25) is 0 Å². The van der Waals surface area contributed by atoms with Gasteiger partial charge in [0.15, 0.2) is 0 Å². The number of hydrogen-bond acceptors (Lipinski definition) is 3. The van der Waals surface area contributed by atoms with Gasteiger partial charge in [-0.3, -0.25) is 4.99 Å². The first kappa shape index (κ1) is 15.9. The molecule has 3 nitrogen and oxygen atoms in total. The summed E-state index contributed by atoms with van der Waals surface area (Å²) in [7, 11) is 0. The lowest BCUT2D eigenvalue weighted by Crippen LogP contribution is -2.26. The Labute approximate surface area is 138 Å². The second-order valence-corrected chi connectivity index (χ2v) is 7.22. The monoisotopic (exact) mass is 311 g/mol. The molecule has 1 aromatic carbocycles. The molecule has 0 amide bonds. The first-order valence-electron chi connectivity index (χ1n) is 8.29. The summed E-state index contributed by atoms with van der Waals surface area (Å²) in [6.45, 7) is 13.0. The largest absolute Gasteiger partial charge is 0.512 e. The van der Waals surface area contributed by atoms with Crippen molar-refractivity contribution in [1.29, 1.82) is 0 Å². The highest BCUT2D eigenvalue weighted by Crippen LogP contribution is 2.46. The predicted octanol–water partition coefficient (Wildman–Crippen LogP) is 4.61. The molecule has 3 heteroatoms. The number of aliphatic imine (C=N–C) groups is 1. The van der Waals surface area contributed by atoms with Crippen molar-refractivity contribution in [3.8, 4) is 0 Å². The van der Waals surface area contributed by atoms with Gasteiger partial charge >= 0.3 is 0 Å². The molecule has 3 atom stereocenters. The van der Waals surface area contributed by atoms with Gasteiger partial charge in [0, 0.05) is 5.56 Å². The Balaban J connectivity index is 2.15. The molecule has 0 saturated heterocycles. The Kier molecular flexibility index (Phi) is 3.83. The maximum atomic E-state index is 10.1. The summed E-state index contributed by atoms with van der Waals surface area (Å²) in [5.74, 6) is 0.629. The molecule has 0 saturated carbocycles. The highest BCUT2D eigenvalue weighted by molar-refractivity contribution is 6.15. The van der Waals surface area contributed by atoms with E-state index in [1.54, 1.807) is 0 Å². The predicted molar refractivity (Wildman–Crippen MR) is 94.4 cm³/mol. The fourth-order valence-electron chi connectivity index (χ4n) is 3.80. The van der Waals surface area contributed by atoms with Crippen LogP contribution in [0.4, 0.5) is 0 Å². The summed E-state index contributed by atoms with van der Waals surface area (Å²) in [5.41, 5.74) is 6.67. The molecule has 0 aromatic heterocycles. The minimum Gasteiger partial charge on any atom is -0.512 e. The van der Waals surface area contributed by atoms with Crippen molar-refractivity contribution in [3.05, 3.63) is 58.6 Å². The summed E-state index contributed by atoms with van der Waals surface area (Å²) in [4.78, 5) is 4.93.